The van der Waals surface area contributed by atoms with Gasteiger partial charge in [-0.25, -0.2) is 0 Å². The van der Waals surface area contributed by atoms with Crippen LogP contribution in [0.5, 0.6) is 5.75 Å². The predicted octanol–water partition coefficient (Wildman–Crippen LogP) is 3.46. The summed E-state index contributed by atoms with van der Waals surface area (Å²) in [5, 5.41) is 7.79. The van der Waals surface area contributed by atoms with E-state index in [9.17, 15) is 4.79 Å². The van der Waals surface area contributed by atoms with Crippen molar-refractivity contribution in [2.75, 3.05) is 26.7 Å². The molecule has 0 atom stereocenters. The molecule has 1 aliphatic heterocycles. The molecule has 0 bridgehead atoms. The zero-order valence-corrected chi connectivity index (χ0v) is 17.4. The fourth-order valence-electron chi connectivity index (χ4n) is 3.54. The van der Waals surface area contributed by atoms with Crippen LogP contribution in [-0.4, -0.2) is 48.1 Å². The van der Waals surface area contributed by atoms with Gasteiger partial charge in [0.15, 0.2) is 0 Å². The average Bonchev–Trinajstić information content (AvgIpc) is 3.02. The van der Waals surface area contributed by atoms with Gasteiger partial charge in [-0.2, -0.15) is 5.10 Å². The number of nitrogens with one attached hydrogen (secondary N) is 1. The fraction of sp³-hybridized carbons (Fsp3) is 0.500. The van der Waals surface area contributed by atoms with Crippen molar-refractivity contribution in [2.24, 2.45) is 5.92 Å². The average molecular weight is 467 g/mol. The third-order valence-corrected chi connectivity index (χ3v) is 6.49. The lowest BCUT2D eigenvalue weighted by atomic mass is 9.91. The zero-order valence-electron chi connectivity index (χ0n) is 15.2. The summed E-state index contributed by atoms with van der Waals surface area (Å²) in [5.41, 5.74) is 3.62. The highest BCUT2D eigenvalue weighted by Gasteiger charge is 2.20. The van der Waals surface area contributed by atoms with E-state index in [1.807, 2.05) is 12.1 Å². The Morgan fingerprint density at radius 1 is 1.31 bits per heavy atom. The Morgan fingerprint density at radius 2 is 2.04 bits per heavy atom. The summed E-state index contributed by atoms with van der Waals surface area (Å²) in [7, 11) is 1.69. The molecule has 1 aromatic carbocycles. The van der Waals surface area contributed by atoms with Crippen molar-refractivity contribution in [1.29, 1.82) is 0 Å². The number of ether oxygens (including phenoxy) is 1. The molecule has 5 nitrogen and oxygen atoms in total. The predicted molar refractivity (Wildman–Crippen MR) is 111 cm³/mol. The van der Waals surface area contributed by atoms with E-state index in [0.717, 1.165) is 43.9 Å². The number of aromatic amines is 1. The van der Waals surface area contributed by atoms with Gasteiger partial charge >= 0.3 is 0 Å². The van der Waals surface area contributed by atoms with Crippen molar-refractivity contribution < 1.29 is 9.53 Å². The van der Waals surface area contributed by atoms with Gasteiger partial charge in [0.1, 0.15) is 12.0 Å². The van der Waals surface area contributed by atoms with Crippen LogP contribution in [0.1, 0.15) is 36.2 Å². The lowest BCUT2D eigenvalue weighted by molar-refractivity contribution is -0.109. The maximum atomic E-state index is 10.6. The maximum Gasteiger partial charge on any atom is 0.133 e. The number of likely N-dealkylation sites (tertiary alicyclic amines) is 1. The second kappa shape index (κ2) is 9.50. The van der Waals surface area contributed by atoms with Crippen LogP contribution in [0.2, 0.25) is 0 Å². The number of nitrogens with zero attached hydrogens (tertiary/aromatic N) is 2. The number of H-pyrrole nitrogens is 1. The number of methoxy groups -OCH3 is 1. The summed E-state index contributed by atoms with van der Waals surface area (Å²) in [5.74, 6) is 1.63. The molecule has 2 aromatic rings. The molecule has 0 amide bonds. The maximum absolute atomic E-state index is 10.6. The molecule has 26 heavy (non-hydrogen) atoms. The van der Waals surface area contributed by atoms with Gasteiger partial charge in [0.25, 0.3) is 0 Å². The van der Waals surface area contributed by atoms with Gasteiger partial charge in [-0.05, 0) is 85.0 Å². The molecule has 1 aliphatic rings. The number of aryl methyl sites for hydroxylation is 1. The molecule has 1 aromatic heterocycles. The Bertz CT molecular complexity index is 706. The van der Waals surface area contributed by atoms with Crippen LogP contribution in [0.3, 0.4) is 0 Å². The van der Waals surface area contributed by atoms with Crippen molar-refractivity contribution in [2.45, 2.75) is 32.1 Å². The summed E-state index contributed by atoms with van der Waals surface area (Å²) in [4.78, 5) is 12.9. The molecule has 0 unspecified atom stereocenters. The van der Waals surface area contributed by atoms with Crippen molar-refractivity contribution in [3.63, 3.8) is 0 Å². The monoisotopic (exact) mass is 467 g/mol. The van der Waals surface area contributed by atoms with E-state index in [4.69, 9.17) is 4.74 Å². The Balaban J connectivity index is 1.51. The van der Waals surface area contributed by atoms with Gasteiger partial charge in [-0.1, -0.05) is 12.1 Å². The van der Waals surface area contributed by atoms with Crippen LogP contribution in [0.4, 0.5) is 0 Å². The summed E-state index contributed by atoms with van der Waals surface area (Å²) in [6.45, 7) is 2.67. The van der Waals surface area contributed by atoms with Crippen molar-refractivity contribution in [1.82, 2.24) is 15.1 Å². The van der Waals surface area contributed by atoms with Gasteiger partial charge in [0.2, 0.25) is 0 Å². The highest BCUT2D eigenvalue weighted by atomic mass is 127. The largest absolute Gasteiger partial charge is 0.497 e. The smallest absolute Gasteiger partial charge is 0.133 e. The third-order valence-electron chi connectivity index (χ3n) is 5.21. The molecule has 0 saturated carbocycles. The van der Waals surface area contributed by atoms with Crippen molar-refractivity contribution in [3.05, 3.63) is 44.8 Å². The van der Waals surface area contributed by atoms with Gasteiger partial charge in [0, 0.05) is 6.42 Å². The van der Waals surface area contributed by atoms with E-state index in [1.165, 1.54) is 39.8 Å². The minimum atomic E-state index is 0.582. The number of rotatable bonds is 8. The standard InChI is InChI=1S/C20H26IN3O2/c1-26-17-5-2-16(3-6-17)14-19-20(21)18(22-23-19)7-4-15-8-10-24(11-9-15)12-13-25/h2-3,5-6,13,15H,4,7-12,14H2,1H3,(H,22,23). The van der Waals surface area contributed by atoms with Gasteiger partial charge in [0.05, 0.1) is 28.6 Å². The molecular formula is C20H26IN3O2. The molecule has 1 N–H and O–H groups in total. The number of carbonyl (C=O) groups is 1. The minimum absolute atomic E-state index is 0.582. The van der Waals surface area contributed by atoms with E-state index >= 15 is 0 Å². The molecular weight excluding hydrogens is 441 g/mol. The Hall–Kier alpha value is -1.41. The van der Waals surface area contributed by atoms with Crippen LogP contribution in [0.15, 0.2) is 24.3 Å². The SMILES string of the molecule is COc1ccc(Cc2[nH]nc(CCC3CCN(CC=O)CC3)c2I)cc1. The summed E-state index contributed by atoms with van der Waals surface area (Å²) < 4.78 is 6.48. The van der Waals surface area contributed by atoms with Crippen molar-refractivity contribution >= 4 is 28.9 Å². The topological polar surface area (TPSA) is 58.2 Å². The van der Waals surface area contributed by atoms with Crippen LogP contribution < -0.4 is 4.74 Å². The number of benzene rings is 1. The van der Waals surface area contributed by atoms with E-state index in [-0.39, 0.29) is 0 Å². The molecule has 6 heteroatoms. The fourth-order valence-corrected chi connectivity index (χ4v) is 4.24. The Labute approximate surface area is 168 Å². The second-order valence-corrected chi connectivity index (χ2v) is 8.02. The van der Waals surface area contributed by atoms with Crippen LogP contribution >= 0.6 is 22.6 Å². The third kappa shape index (κ3) is 5.07. The molecule has 3 rings (SSSR count). The molecule has 1 saturated heterocycles. The number of hydrogen-bond acceptors (Lipinski definition) is 4. The zero-order chi connectivity index (χ0) is 18.4. The first-order valence-electron chi connectivity index (χ1n) is 9.20. The van der Waals surface area contributed by atoms with E-state index in [1.54, 1.807) is 7.11 Å². The minimum Gasteiger partial charge on any atom is -0.497 e. The first-order chi connectivity index (χ1) is 12.7. The number of piperidine rings is 1. The molecule has 0 spiro atoms. The van der Waals surface area contributed by atoms with Gasteiger partial charge in [-0.3, -0.25) is 10.00 Å². The van der Waals surface area contributed by atoms with E-state index in [2.05, 4.69) is 49.8 Å². The number of halogens is 1. The highest BCUT2D eigenvalue weighted by molar-refractivity contribution is 14.1. The number of aromatic nitrogens is 2. The highest BCUT2D eigenvalue weighted by Crippen LogP contribution is 2.25. The quantitative estimate of drug-likeness (QED) is 0.478. The van der Waals surface area contributed by atoms with Crippen molar-refractivity contribution in [3.8, 4) is 5.75 Å². The number of aldehydes is 1. The van der Waals surface area contributed by atoms with Gasteiger partial charge in [-0.15, -0.1) is 0 Å². The Kier molecular flexibility index (Phi) is 7.07. The molecule has 0 radical (unpaired) electrons. The summed E-state index contributed by atoms with van der Waals surface area (Å²) in [6, 6.07) is 8.19. The van der Waals surface area contributed by atoms with E-state index < -0.39 is 0 Å². The van der Waals surface area contributed by atoms with Crippen LogP contribution in [0, 0.1) is 9.49 Å². The Morgan fingerprint density at radius 3 is 2.69 bits per heavy atom. The van der Waals surface area contributed by atoms with Crippen LogP contribution in [-0.2, 0) is 17.6 Å². The summed E-state index contributed by atoms with van der Waals surface area (Å²) in [6.07, 6.45) is 6.45. The molecule has 0 aliphatic carbocycles. The molecule has 140 valence electrons. The van der Waals surface area contributed by atoms with E-state index in [0.29, 0.717) is 6.54 Å². The first-order valence-corrected chi connectivity index (χ1v) is 10.3. The number of hydrogen-bond donors (Lipinski definition) is 1. The lowest BCUT2D eigenvalue weighted by Crippen LogP contribution is -2.35. The number of carbonyl (C=O) groups excluding carboxylic acids is 1. The van der Waals surface area contributed by atoms with Crippen LogP contribution in [0.25, 0.3) is 0 Å². The van der Waals surface area contributed by atoms with Gasteiger partial charge < -0.3 is 9.53 Å². The molecule has 2 heterocycles. The normalized spacial score (nSPS) is 15.9. The first kappa shape index (κ1) is 19.4. The summed E-state index contributed by atoms with van der Waals surface area (Å²) >= 11 is 2.42. The second-order valence-electron chi connectivity index (χ2n) is 6.94. The lowest BCUT2D eigenvalue weighted by Gasteiger charge is -2.30. The molecule has 1 fully saturated rings.